The second-order valence-corrected chi connectivity index (χ2v) is 2.41. The summed E-state index contributed by atoms with van der Waals surface area (Å²) in [6.07, 6.45) is 0.625. The fourth-order valence-electron chi connectivity index (χ4n) is 1.08. The fraction of sp³-hybridized carbons (Fsp3) is 0.857. The number of piperazine rings is 1. The molecule has 0 aromatic heterocycles. The van der Waals surface area contributed by atoms with Gasteiger partial charge in [0.2, 0.25) is 5.91 Å². The van der Waals surface area contributed by atoms with Gasteiger partial charge in [-0.15, -0.1) is 13.1 Å². The van der Waals surface area contributed by atoms with Gasteiger partial charge in [-0.2, -0.15) is 0 Å². The van der Waals surface area contributed by atoms with Gasteiger partial charge >= 0.3 is 19.5 Å². The maximum Gasteiger partial charge on any atom is 1.00 e. The molecule has 0 unspecified atom stereocenters. The van der Waals surface area contributed by atoms with E-state index in [4.69, 9.17) is 0 Å². The number of carbonyl (C=O) groups is 1. The summed E-state index contributed by atoms with van der Waals surface area (Å²) in [6, 6.07) is 0. The van der Waals surface area contributed by atoms with E-state index in [1.54, 1.807) is 0 Å². The SMILES string of the molecule is CCC(=O)N1CC[N-]CC1.[Ru+]. The summed E-state index contributed by atoms with van der Waals surface area (Å²) >= 11 is 0. The first kappa shape index (κ1) is 11.1. The van der Waals surface area contributed by atoms with Crippen molar-refractivity contribution in [3.8, 4) is 0 Å². The Hall–Kier alpha value is 0.0534. The Balaban J connectivity index is 0.000001000. The average molecular weight is 242 g/mol. The fourth-order valence-corrected chi connectivity index (χ4v) is 1.08. The summed E-state index contributed by atoms with van der Waals surface area (Å²) in [6.45, 7) is 5.20. The second-order valence-electron chi connectivity index (χ2n) is 2.41. The Kier molecular flexibility index (Phi) is 5.70. The first-order valence-electron chi connectivity index (χ1n) is 3.75. The van der Waals surface area contributed by atoms with Gasteiger partial charge in [-0.05, 0) is 0 Å². The van der Waals surface area contributed by atoms with Crippen LogP contribution >= 0.6 is 0 Å². The van der Waals surface area contributed by atoms with Crippen molar-refractivity contribution in [3.05, 3.63) is 5.32 Å². The zero-order valence-corrected chi connectivity index (χ0v) is 8.43. The molecule has 0 saturated carbocycles. The van der Waals surface area contributed by atoms with Crippen molar-refractivity contribution in [2.45, 2.75) is 13.3 Å². The number of rotatable bonds is 1. The molecule has 0 spiro atoms. The molecule has 0 aliphatic carbocycles. The number of nitrogens with zero attached hydrogens (tertiary/aromatic N) is 2. The Morgan fingerprint density at radius 2 is 2.00 bits per heavy atom. The van der Waals surface area contributed by atoms with Crippen molar-refractivity contribution in [3.63, 3.8) is 0 Å². The number of hydrogen-bond donors (Lipinski definition) is 0. The molecule has 0 aromatic rings. The molecule has 0 aromatic carbocycles. The van der Waals surface area contributed by atoms with E-state index in [0.717, 1.165) is 26.2 Å². The predicted molar refractivity (Wildman–Crippen MR) is 40.0 cm³/mol. The number of hydrogen-bond acceptors (Lipinski definition) is 1. The first-order chi connectivity index (χ1) is 4.84. The van der Waals surface area contributed by atoms with Crippen LogP contribution in [0.25, 0.3) is 5.32 Å². The Bertz CT molecular complexity index is 124. The van der Waals surface area contributed by atoms with E-state index >= 15 is 0 Å². The Labute approximate surface area is 80.3 Å². The Morgan fingerprint density at radius 3 is 2.45 bits per heavy atom. The van der Waals surface area contributed by atoms with Crippen molar-refractivity contribution in [1.29, 1.82) is 0 Å². The molecule has 0 atom stereocenters. The van der Waals surface area contributed by atoms with Gasteiger partial charge in [-0.1, -0.05) is 6.92 Å². The van der Waals surface area contributed by atoms with Crippen molar-refractivity contribution in [1.82, 2.24) is 4.90 Å². The van der Waals surface area contributed by atoms with E-state index < -0.39 is 0 Å². The molecule has 1 aliphatic rings. The van der Waals surface area contributed by atoms with Gasteiger partial charge in [-0.3, -0.25) is 4.79 Å². The maximum atomic E-state index is 11.1. The van der Waals surface area contributed by atoms with Gasteiger partial charge < -0.3 is 10.2 Å². The molecular weight excluding hydrogens is 229 g/mol. The summed E-state index contributed by atoms with van der Waals surface area (Å²) in [5.41, 5.74) is 0. The van der Waals surface area contributed by atoms with Crippen LogP contribution in [0, 0.1) is 0 Å². The topological polar surface area (TPSA) is 34.4 Å². The van der Waals surface area contributed by atoms with Gasteiger partial charge in [0.1, 0.15) is 0 Å². The molecule has 0 N–H and O–H groups in total. The maximum absolute atomic E-state index is 11.1. The van der Waals surface area contributed by atoms with Crippen LogP contribution < -0.4 is 0 Å². The average Bonchev–Trinajstić information content (AvgIpc) is 2.05. The van der Waals surface area contributed by atoms with Crippen molar-refractivity contribution in [2.75, 3.05) is 26.2 Å². The molecule has 1 fully saturated rings. The molecule has 1 amide bonds. The quantitative estimate of drug-likeness (QED) is 0.620. The van der Waals surface area contributed by atoms with E-state index in [1.807, 2.05) is 11.8 Å². The zero-order valence-electron chi connectivity index (χ0n) is 6.69. The molecule has 4 heteroatoms. The van der Waals surface area contributed by atoms with Crippen LogP contribution in [-0.2, 0) is 24.3 Å². The van der Waals surface area contributed by atoms with Crippen LogP contribution in [-0.4, -0.2) is 37.0 Å². The summed E-state index contributed by atoms with van der Waals surface area (Å²) in [4.78, 5) is 12.9. The number of carbonyl (C=O) groups excluding carboxylic acids is 1. The van der Waals surface area contributed by atoms with Crippen LogP contribution in [0.1, 0.15) is 13.3 Å². The van der Waals surface area contributed by atoms with Crippen molar-refractivity contribution < 1.29 is 24.3 Å². The molecule has 1 heterocycles. The van der Waals surface area contributed by atoms with Gasteiger partial charge in [0.15, 0.2) is 0 Å². The third-order valence-corrected chi connectivity index (χ3v) is 1.71. The minimum Gasteiger partial charge on any atom is -0.659 e. The number of amides is 1. The van der Waals surface area contributed by atoms with E-state index in [0.29, 0.717) is 6.42 Å². The standard InChI is InChI=1S/C7H13N2O.Ru/c1-2-7(10)9-5-3-8-4-6-9;/h2-6H2,1H3;/q-1;+1. The van der Waals surface area contributed by atoms with Gasteiger partial charge in [0.05, 0.1) is 0 Å². The summed E-state index contributed by atoms with van der Waals surface area (Å²) in [7, 11) is 0. The smallest absolute Gasteiger partial charge is 0.659 e. The van der Waals surface area contributed by atoms with Crippen molar-refractivity contribution in [2.24, 2.45) is 0 Å². The molecule has 3 nitrogen and oxygen atoms in total. The van der Waals surface area contributed by atoms with Gasteiger partial charge in [0.25, 0.3) is 0 Å². The molecule has 11 heavy (non-hydrogen) atoms. The van der Waals surface area contributed by atoms with E-state index in [1.165, 1.54) is 0 Å². The molecule has 1 radical (unpaired) electrons. The van der Waals surface area contributed by atoms with E-state index in [9.17, 15) is 4.79 Å². The molecule has 1 saturated heterocycles. The first-order valence-corrected chi connectivity index (χ1v) is 3.75. The molecule has 1 aliphatic heterocycles. The summed E-state index contributed by atoms with van der Waals surface area (Å²) in [5, 5.41) is 4.15. The van der Waals surface area contributed by atoms with Crippen LogP contribution in [0.3, 0.4) is 0 Å². The third-order valence-electron chi connectivity index (χ3n) is 1.71. The largest absolute Gasteiger partial charge is 1.00 e. The predicted octanol–water partition coefficient (Wildman–Crippen LogP) is 0.610. The minimum atomic E-state index is 0. The van der Waals surface area contributed by atoms with E-state index in [2.05, 4.69) is 5.32 Å². The molecule has 1 rings (SSSR count). The van der Waals surface area contributed by atoms with Crippen LogP contribution in [0.2, 0.25) is 0 Å². The van der Waals surface area contributed by atoms with Gasteiger partial charge in [-0.25, -0.2) is 0 Å². The second kappa shape index (κ2) is 5.67. The van der Waals surface area contributed by atoms with Crippen LogP contribution in [0.15, 0.2) is 0 Å². The Morgan fingerprint density at radius 1 is 1.45 bits per heavy atom. The molecule has 65 valence electrons. The zero-order chi connectivity index (χ0) is 7.40. The molecular formula is C7H13N2ORu. The van der Waals surface area contributed by atoms with Crippen LogP contribution in [0.4, 0.5) is 0 Å². The third kappa shape index (κ3) is 3.30. The minimum absolute atomic E-state index is 0. The summed E-state index contributed by atoms with van der Waals surface area (Å²) < 4.78 is 0. The van der Waals surface area contributed by atoms with Crippen molar-refractivity contribution >= 4 is 5.91 Å². The van der Waals surface area contributed by atoms with Crippen LogP contribution in [0.5, 0.6) is 0 Å². The normalized spacial score (nSPS) is 17.4. The molecule has 0 bridgehead atoms. The monoisotopic (exact) mass is 243 g/mol. The van der Waals surface area contributed by atoms with E-state index in [-0.39, 0.29) is 25.4 Å². The van der Waals surface area contributed by atoms with Gasteiger partial charge in [0, 0.05) is 19.5 Å². The summed E-state index contributed by atoms with van der Waals surface area (Å²) in [5.74, 6) is 0.259.